The number of rotatable bonds is 7. The molecule has 0 spiro atoms. The van der Waals surface area contributed by atoms with Crippen molar-refractivity contribution in [3.05, 3.63) is 35.7 Å². The van der Waals surface area contributed by atoms with Crippen LogP contribution in [0.25, 0.3) is 6.08 Å². The molecule has 4 nitrogen and oxygen atoms in total. The number of carboxylic acids is 1. The predicted molar refractivity (Wildman–Crippen MR) is 80.4 cm³/mol. The number of nitriles is 1. The summed E-state index contributed by atoms with van der Waals surface area (Å²) in [5.41, 5.74) is 1.14. The van der Waals surface area contributed by atoms with Gasteiger partial charge < -0.3 is 10.0 Å². The molecule has 21 heavy (non-hydrogen) atoms. The van der Waals surface area contributed by atoms with Crippen molar-refractivity contribution in [2.45, 2.75) is 20.3 Å². The van der Waals surface area contributed by atoms with E-state index in [-0.39, 0.29) is 0 Å². The number of halogens is 1. The highest BCUT2D eigenvalue weighted by atomic mass is 19.1. The van der Waals surface area contributed by atoms with Gasteiger partial charge in [0.25, 0.3) is 0 Å². The summed E-state index contributed by atoms with van der Waals surface area (Å²) in [6, 6.07) is 6.49. The van der Waals surface area contributed by atoms with Gasteiger partial charge in [-0.1, -0.05) is 13.8 Å². The second-order valence-electron chi connectivity index (χ2n) is 5.16. The van der Waals surface area contributed by atoms with E-state index in [0.29, 0.717) is 36.7 Å². The van der Waals surface area contributed by atoms with Crippen LogP contribution < -0.4 is 4.90 Å². The zero-order valence-corrected chi connectivity index (χ0v) is 12.2. The Morgan fingerprint density at radius 1 is 1.48 bits per heavy atom. The molecule has 0 radical (unpaired) electrons. The lowest BCUT2D eigenvalue weighted by Crippen LogP contribution is -2.28. The molecular formula is C16H19FN2O2. The minimum absolute atomic E-state index is 0.351. The smallest absolute Gasteiger partial charge is 0.328 e. The van der Waals surface area contributed by atoms with Gasteiger partial charge in [-0.15, -0.1) is 0 Å². The van der Waals surface area contributed by atoms with Gasteiger partial charge in [-0.2, -0.15) is 5.26 Å². The van der Waals surface area contributed by atoms with E-state index in [1.165, 1.54) is 18.2 Å². The lowest BCUT2D eigenvalue weighted by molar-refractivity contribution is -0.131. The molecule has 0 saturated heterocycles. The van der Waals surface area contributed by atoms with Crippen molar-refractivity contribution < 1.29 is 14.3 Å². The van der Waals surface area contributed by atoms with Crippen molar-refractivity contribution in [2.75, 3.05) is 18.0 Å². The maximum atomic E-state index is 13.7. The molecule has 0 heterocycles. The predicted octanol–water partition coefficient (Wildman–Crippen LogP) is 3.30. The molecule has 0 atom stereocenters. The van der Waals surface area contributed by atoms with E-state index < -0.39 is 11.8 Å². The van der Waals surface area contributed by atoms with E-state index in [9.17, 15) is 9.18 Å². The Hall–Kier alpha value is -2.35. The highest BCUT2D eigenvalue weighted by molar-refractivity contribution is 5.85. The standard InChI is InChI=1S/C16H19FN2O2/c1-12(2)11-19(7-3-6-18)15-9-13(4-5-16(20)21)8-14(17)10-15/h4-5,8-10,12H,3,7,11H2,1-2H3,(H,20,21)/b5-4+. The summed E-state index contributed by atoms with van der Waals surface area (Å²) in [6.07, 6.45) is 2.68. The van der Waals surface area contributed by atoms with Crippen LogP contribution >= 0.6 is 0 Å². The molecule has 1 aromatic carbocycles. The quantitative estimate of drug-likeness (QED) is 0.783. The molecule has 0 bridgehead atoms. The minimum atomic E-state index is -1.08. The Bertz CT molecular complexity index is 562. The van der Waals surface area contributed by atoms with Crippen LogP contribution in [0.4, 0.5) is 10.1 Å². The van der Waals surface area contributed by atoms with Gasteiger partial charge in [0.15, 0.2) is 0 Å². The van der Waals surface area contributed by atoms with Crippen LogP contribution in [0, 0.1) is 23.1 Å². The van der Waals surface area contributed by atoms with E-state index in [4.69, 9.17) is 10.4 Å². The van der Waals surface area contributed by atoms with Crippen molar-refractivity contribution in [3.63, 3.8) is 0 Å². The van der Waals surface area contributed by atoms with E-state index in [2.05, 4.69) is 6.07 Å². The molecule has 112 valence electrons. The van der Waals surface area contributed by atoms with E-state index >= 15 is 0 Å². The van der Waals surface area contributed by atoms with Gasteiger partial charge in [-0.05, 0) is 35.8 Å². The third-order valence-electron chi connectivity index (χ3n) is 2.77. The van der Waals surface area contributed by atoms with E-state index in [0.717, 1.165) is 6.08 Å². The van der Waals surface area contributed by atoms with E-state index in [1.807, 2.05) is 18.7 Å². The second-order valence-corrected chi connectivity index (χ2v) is 5.16. The molecule has 0 amide bonds. The SMILES string of the molecule is CC(C)CN(CCC#N)c1cc(F)cc(/C=C/C(=O)O)c1. The molecule has 0 saturated carbocycles. The number of carbonyl (C=O) groups is 1. The van der Waals surface area contributed by atoms with Gasteiger partial charge in [0.2, 0.25) is 0 Å². The first-order valence-electron chi connectivity index (χ1n) is 6.76. The number of aliphatic carboxylic acids is 1. The number of benzene rings is 1. The van der Waals surface area contributed by atoms with Crippen LogP contribution in [-0.4, -0.2) is 24.2 Å². The van der Waals surface area contributed by atoms with Crippen molar-refractivity contribution in [1.29, 1.82) is 5.26 Å². The van der Waals surface area contributed by atoms with Crippen molar-refractivity contribution in [2.24, 2.45) is 5.92 Å². The summed E-state index contributed by atoms with van der Waals surface area (Å²) in [4.78, 5) is 12.5. The molecule has 0 aliphatic rings. The minimum Gasteiger partial charge on any atom is -0.478 e. The molecule has 0 unspecified atom stereocenters. The lowest BCUT2D eigenvalue weighted by atomic mass is 10.1. The van der Waals surface area contributed by atoms with Gasteiger partial charge in [0.1, 0.15) is 5.82 Å². The third kappa shape index (κ3) is 6.09. The van der Waals surface area contributed by atoms with Gasteiger partial charge in [0, 0.05) is 24.9 Å². The van der Waals surface area contributed by atoms with E-state index in [1.54, 1.807) is 6.07 Å². The van der Waals surface area contributed by atoms with Crippen LogP contribution in [0.15, 0.2) is 24.3 Å². The van der Waals surface area contributed by atoms with Crippen molar-refractivity contribution >= 4 is 17.7 Å². The Morgan fingerprint density at radius 2 is 2.19 bits per heavy atom. The average Bonchev–Trinajstić information content (AvgIpc) is 2.40. The van der Waals surface area contributed by atoms with Gasteiger partial charge in [-0.3, -0.25) is 0 Å². The Labute approximate surface area is 124 Å². The summed E-state index contributed by atoms with van der Waals surface area (Å²) in [6.45, 7) is 5.31. The summed E-state index contributed by atoms with van der Waals surface area (Å²) < 4.78 is 13.7. The zero-order valence-electron chi connectivity index (χ0n) is 12.2. The monoisotopic (exact) mass is 290 g/mol. The van der Waals surface area contributed by atoms with Gasteiger partial charge in [0.05, 0.1) is 12.5 Å². The first kappa shape index (κ1) is 16.7. The molecule has 0 fully saturated rings. The van der Waals surface area contributed by atoms with Crippen LogP contribution in [0.2, 0.25) is 0 Å². The van der Waals surface area contributed by atoms with Crippen molar-refractivity contribution in [3.8, 4) is 6.07 Å². The lowest BCUT2D eigenvalue weighted by Gasteiger charge is -2.26. The normalized spacial score (nSPS) is 10.8. The van der Waals surface area contributed by atoms with Crippen LogP contribution in [-0.2, 0) is 4.79 Å². The highest BCUT2D eigenvalue weighted by Crippen LogP contribution is 2.21. The number of carboxylic acid groups (broad SMARTS) is 1. The Morgan fingerprint density at radius 3 is 2.76 bits per heavy atom. The number of nitrogens with zero attached hydrogens (tertiary/aromatic N) is 2. The maximum Gasteiger partial charge on any atom is 0.328 e. The summed E-state index contributed by atoms with van der Waals surface area (Å²) in [5.74, 6) is -1.14. The third-order valence-corrected chi connectivity index (χ3v) is 2.77. The topological polar surface area (TPSA) is 64.3 Å². The fourth-order valence-corrected chi connectivity index (χ4v) is 1.99. The molecular weight excluding hydrogens is 271 g/mol. The highest BCUT2D eigenvalue weighted by Gasteiger charge is 2.10. The summed E-state index contributed by atoms with van der Waals surface area (Å²) in [7, 11) is 0. The largest absolute Gasteiger partial charge is 0.478 e. The second kappa shape index (κ2) is 8.05. The average molecular weight is 290 g/mol. The van der Waals surface area contributed by atoms with Gasteiger partial charge in [-0.25, -0.2) is 9.18 Å². The summed E-state index contributed by atoms with van der Waals surface area (Å²) in [5, 5.41) is 17.4. The molecule has 1 rings (SSSR count). The number of hydrogen-bond donors (Lipinski definition) is 1. The first-order valence-corrected chi connectivity index (χ1v) is 6.76. The fourth-order valence-electron chi connectivity index (χ4n) is 1.99. The van der Waals surface area contributed by atoms with Crippen molar-refractivity contribution in [1.82, 2.24) is 0 Å². The molecule has 0 aromatic heterocycles. The molecule has 0 aliphatic heterocycles. The fraction of sp³-hybridized carbons (Fsp3) is 0.375. The summed E-state index contributed by atoms with van der Waals surface area (Å²) >= 11 is 0. The number of anilines is 1. The molecule has 1 aromatic rings. The molecule has 5 heteroatoms. The van der Waals surface area contributed by atoms with Crippen LogP contribution in [0.5, 0.6) is 0 Å². The molecule has 1 N–H and O–H groups in total. The maximum absolute atomic E-state index is 13.7. The first-order chi connectivity index (χ1) is 9.92. The van der Waals surface area contributed by atoms with Crippen LogP contribution in [0.3, 0.4) is 0 Å². The Kier molecular flexibility index (Phi) is 6.41. The Balaban J connectivity index is 3.06. The zero-order chi connectivity index (χ0) is 15.8. The van der Waals surface area contributed by atoms with Crippen LogP contribution in [0.1, 0.15) is 25.8 Å². The van der Waals surface area contributed by atoms with Gasteiger partial charge >= 0.3 is 5.97 Å². The number of hydrogen-bond acceptors (Lipinski definition) is 3. The molecule has 0 aliphatic carbocycles.